The zero-order valence-corrected chi connectivity index (χ0v) is 19.5. The Morgan fingerprint density at radius 2 is 1.84 bits per heavy atom. The van der Waals surface area contributed by atoms with E-state index in [1.54, 1.807) is 19.2 Å². The second-order valence-electron chi connectivity index (χ2n) is 7.53. The van der Waals surface area contributed by atoms with Gasteiger partial charge in [-0.05, 0) is 48.2 Å². The SMILES string of the molecule is COc1c(C)cccc1C(=O)Nc1ccc(N2CCN(C(=O)c3cccs3)CC2)c(Cl)c1. The van der Waals surface area contributed by atoms with Crippen LogP contribution in [0.15, 0.2) is 53.9 Å². The molecule has 1 aliphatic heterocycles. The van der Waals surface area contributed by atoms with Crippen LogP contribution < -0.4 is 15.0 Å². The lowest BCUT2D eigenvalue weighted by Crippen LogP contribution is -2.48. The molecule has 1 aliphatic rings. The maximum Gasteiger partial charge on any atom is 0.264 e. The van der Waals surface area contributed by atoms with Gasteiger partial charge < -0.3 is 19.9 Å². The van der Waals surface area contributed by atoms with E-state index < -0.39 is 0 Å². The van der Waals surface area contributed by atoms with Crippen LogP contribution in [0.2, 0.25) is 5.02 Å². The Morgan fingerprint density at radius 1 is 1.06 bits per heavy atom. The number of benzene rings is 2. The molecule has 8 heteroatoms. The molecule has 1 N–H and O–H groups in total. The van der Waals surface area contributed by atoms with Crippen molar-refractivity contribution in [2.24, 2.45) is 0 Å². The highest BCUT2D eigenvalue weighted by Crippen LogP contribution is 2.31. The monoisotopic (exact) mass is 469 g/mol. The first kappa shape index (κ1) is 22.2. The number of rotatable bonds is 5. The summed E-state index contributed by atoms with van der Waals surface area (Å²) in [6.45, 7) is 4.57. The van der Waals surface area contributed by atoms with Crippen LogP contribution in [-0.4, -0.2) is 50.0 Å². The fraction of sp³-hybridized carbons (Fsp3) is 0.250. The van der Waals surface area contributed by atoms with Crippen molar-refractivity contribution in [2.75, 3.05) is 43.5 Å². The Bertz CT molecular complexity index is 1130. The molecule has 0 aliphatic carbocycles. The summed E-state index contributed by atoms with van der Waals surface area (Å²) in [5.41, 5.74) is 2.87. The van der Waals surface area contributed by atoms with Crippen LogP contribution in [0.1, 0.15) is 25.6 Å². The molecule has 2 aromatic carbocycles. The third kappa shape index (κ3) is 4.59. The predicted molar refractivity (Wildman–Crippen MR) is 130 cm³/mol. The molecule has 1 fully saturated rings. The van der Waals surface area contributed by atoms with E-state index >= 15 is 0 Å². The topological polar surface area (TPSA) is 61.9 Å². The van der Waals surface area contributed by atoms with E-state index in [1.165, 1.54) is 11.3 Å². The van der Waals surface area contributed by atoms with E-state index in [2.05, 4.69) is 10.2 Å². The first-order chi connectivity index (χ1) is 15.5. The van der Waals surface area contributed by atoms with Gasteiger partial charge in [0.25, 0.3) is 11.8 Å². The van der Waals surface area contributed by atoms with Gasteiger partial charge in [0.15, 0.2) is 0 Å². The molecule has 0 radical (unpaired) electrons. The number of nitrogens with zero attached hydrogens (tertiary/aromatic N) is 2. The number of methoxy groups -OCH3 is 1. The minimum atomic E-state index is -0.255. The Kier molecular flexibility index (Phi) is 6.67. The highest BCUT2D eigenvalue weighted by Gasteiger charge is 2.24. The summed E-state index contributed by atoms with van der Waals surface area (Å²) in [5.74, 6) is 0.383. The minimum absolute atomic E-state index is 0.0791. The molecule has 2 amide bonds. The summed E-state index contributed by atoms with van der Waals surface area (Å²) in [5, 5.41) is 5.36. The van der Waals surface area contributed by atoms with Crippen LogP contribution in [0, 0.1) is 6.92 Å². The number of anilines is 2. The van der Waals surface area contributed by atoms with Gasteiger partial charge in [-0.15, -0.1) is 11.3 Å². The van der Waals surface area contributed by atoms with Crippen molar-refractivity contribution in [2.45, 2.75) is 6.92 Å². The van der Waals surface area contributed by atoms with Gasteiger partial charge in [0, 0.05) is 31.9 Å². The Hall–Kier alpha value is -3.03. The van der Waals surface area contributed by atoms with E-state index in [-0.39, 0.29) is 11.8 Å². The fourth-order valence-corrected chi connectivity index (χ4v) is 4.84. The summed E-state index contributed by atoms with van der Waals surface area (Å²) >= 11 is 8.02. The van der Waals surface area contributed by atoms with Gasteiger partial charge in [-0.2, -0.15) is 0 Å². The van der Waals surface area contributed by atoms with E-state index in [0.717, 1.165) is 16.1 Å². The van der Waals surface area contributed by atoms with Gasteiger partial charge in [0.05, 0.1) is 28.3 Å². The maximum absolute atomic E-state index is 12.8. The Morgan fingerprint density at radius 3 is 2.50 bits per heavy atom. The number of ether oxygens (including phenoxy) is 1. The van der Waals surface area contributed by atoms with Gasteiger partial charge in [-0.3, -0.25) is 9.59 Å². The molecule has 0 unspecified atom stereocenters. The molecule has 0 atom stereocenters. The lowest BCUT2D eigenvalue weighted by atomic mass is 10.1. The predicted octanol–water partition coefficient (Wildman–Crippen LogP) is 4.93. The molecule has 3 aromatic rings. The number of halogens is 1. The number of hydrogen-bond acceptors (Lipinski definition) is 5. The van der Waals surface area contributed by atoms with Gasteiger partial charge >= 0.3 is 0 Å². The molecule has 1 aromatic heterocycles. The summed E-state index contributed by atoms with van der Waals surface area (Å²) in [6, 6.07) is 14.7. The molecule has 6 nitrogen and oxygen atoms in total. The van der Waals surface area contributed by atoms with Crippen molar-refractivity contribution in [3.63, 3.8) is 0 Å². The quantitative estimate of drug-likeness (QED) is 0.575. The number of aryl methyl sites for hydroxylation is 1. The molecule has 1 saturated heterocycles. The third-order valence-corrected chi connectivity index (χ3v) is 6.67. The zero-order valence-electron chi connectivity index (χ0n) is 17.9. The minimum Gasteiger partial charge on any atom is -0.496 e. The van der Waals surface area contributed by atoms with Crippen molar-refractivity contribution in [1.29, 1.82) is 0 Å². The van der Waals surface area contributed by atoms with Crippen molar-refractivity contribution < 1.29 is 14.3 Å². The first-order valence-electron chi connectivity index (χ1n) is 10.3. The van der Waals surface area contributed by atoms with Gasteiger partial charge in [0.2, 0.25) is 0 Å². The molecule has 32 heavy (non-hydrogen) atoms. The largest absolute Gasteiger partial charge is 0.496 e. The average Bonchev–Trinajstić information content (AvgIpc) is 3.34. The van der Waals surface area contributed by atoms with Crippen molar-refractivity contribution in [3.8, 4) is 5.75 Å². The number of thiophene rings is 1. The van der Waals surface area contributed by atoms with E-state index in [1.807, 2.05) is 53.6 Å². The van der Waals surface area contributed by atoms with Crippen LogP contribution in [0.3, 0.4) is 0 Å². The number of para-hydroxylation sites is 1. The summed E-state index contributed by atoms with van der Waals surface area (Å²) in [7, 11) is 1.55. The highest BCUT2D eigenvalue weighted by atomic mass is 35.5. The first-order valence-corrected chi connectivity index (χ1v) is 11.6. The van der Waals surface area contributed by atoms with E-state index in [9.17, 15) is 9.59 Å². The fourth-order valence-electron chi connectivity index (χ4n) is 3.85. The number of carbonyl (C=O) groups is 2. The molecular weight excluding hydrogens is 446 g/mol. The molecule has 166 valence electrons. The Labute approximate surface area is 196 Å². The lowest BCUT2D eigenvalue weighted by Gasteiger charge is -2.36. The molecule has 2 heterocycles. The number of hydrogen-bond donors (Lipinski definition) is 1. The zero-order chi connectivity index (χ0) is 22.7. The number of amides is 2. The second-order valence-corrected chi connectivity index (χ2v) is 8.89. The van der Waals surface area contributed by atoms with Gasteiger partial charge in [-0.25, -0.2) is 0 Å². The van der Waals surface area contributed by atoms with Crippen molar-refractivity contribution in [3.05, 3.63) is 74.9 Å². The van der Waals surface area contributed by atoms with E-state index in [0.29, 0.717) is 48.2 Å². The molecular formula is C24H24ClN3O3S. The van der Waals surface area contributed by atoms with Gasteiger partial charge in [-0.1, -0.05) is 29.8 Å². The van der Waals surface area contributed by atoms with Crippen LogP contribution in [-0.2, 0) is 0 Å². The highest BCUT2D eigenvalue weighted by molar-refractivity contribution is 7.12. The maximum atomic E-state index is 12.8. The molecule has 0 saturated carbocycles. The number of carbonyl (C=O) groups excluding carboxylic acids is 2. The molecule has 0 spiro atoms. The third-order valence-electron chi connectivity index (χ3n) is 5.51. The summed E-state index contributed by atoms with van der Waals surface area (Å²) < 4.78 is 5.39. The van der Waals surface area contributed by atoms with Crippen LogP contribution in [0.4, 0.5) is 11.4 Å². The van der Waals surface area contributed by atoms with Crippen LogP contribution in [0.5, 0.6) is 5.75 Å². The average molecular weight is 470 g/mol. The standard InChI is InChI=1S/C24H24ClN3O3S/c1-16-5-3-6-18(22(16)31-2)23(29)26-17-8-9-20(19(25)15-17)27-10-12-28(13-11-27)24(30)21-7-4-14-32-21/h3-9,14-15H,10-13H2,1-2H3,(H,26,29). The van der Waals surface area contributed by atoms with Crippen LogP contribution >= 0.6 is 22.9 Å². The van der Waals surface area contributed by atoms with Crippen molar-refractivity contribution in [1.82, 2.24) is 4.90 Å². The smallest absolute Gasteiger partial charge is 0.264 e. The number of piperazine rings is 1. The van der Waals surface area contributed by atoms with E-state index in [4.69, 9.17) is 16.3 Å². The Balaban J connectivity index is 1.41. The lowest BCUT2D eigenvalue weighted by molar-refractivity contribution is 0.0751. The summed E-state index contributed by atoms with van der Waals surface area (Å²) in [6.07, 6.45) is 0. The second kappa shape index (κ2) is 9.63. The summed E-state index contributed by atoms with van der Waals surface area (Å²) in [4.78, 5) is 30.1. The van der Waals surface area contributed by atoms with Crippen molar-refractivity contribution >= 4 is 46.1 Å². The number of nitrogens with one attached hydrogen (secondary N) is 1. The van der Waals surface area contributed by atoms with Crippen LogP contribution in [0.25, 0.3) is 0 Å². The molecule has 0 bridgehead atoms. The molecule has 4 rings (SSSR count). The van der Waals surface area contributed by atoms with Gasteiger partial charge in [0.1, 0.15) is 5.75 Å². The normalized spacial score (nSPS) is 13.7.